The largest absolute Gasteiger partial charge is 0.394 e. The molecule has 2 heterocycles. The lowest BCUT2D eigenvalue weighted by molar-refractivity contribution is -0.245. The summed E-state index contributed by atoms with van der Waals surface area (Å²) < 4.78 is 5.18. The molecular weight excluding hydrogens is 394 g/mol. The highest BCUT2D eigenvalue weighted by Crippen LogP contribution is 2.37. The van der Waals surface area contributed by atoms with Gasteiger partial charge in [0.15, 0.2) is 12.1 Å². The van der Waals surface area contributed by atoms with Crippen LogP contribution < -0.4 is 5.32 Å². The number of rotatable bonds is 4. The summed E-state index contributed by atoms with van der Waals surface area (Å²) in [5.41, 5.74) is 4.10. The van der Waals surface area contributed by atoms with Crippen molar-refractivity contribution < 1.29 is 30.0 Å². The van der Waals surface area contributed by atoms with Crippen molar-refractivity contribution in [2.24, 2.45) is 0 Å². The van der Waals surface area contributed by atoms with Crippen LogP contribution >= 0.6 is 11.3 Å². The number of ketones is 1. The van der Waals surface area contributed by atoms with Crippen molar-refractivity contribution in [2.45, 2.75) is 44.0 Å². The van der Waals surface area contributed by atoms with E-state index >= 15 is 0 Å². The van der Waals surface area contributed by atoms with E-state index in [-0.39, 0.29) is 12.2 Å². The minimum atomic E-state index is -1.41. The van der Waals surface area contributed by atoms with Gasteiger partial charge in [-0.2, -0.15) is 0 Å². The van der Waals surface area contributed by atoms with Crippen LogP contribution in [0.3, 0.4) is 0 Å². The summed E-state index contributed by atoms with van der Waals surface area (Å²) in [6.45, 7) is 1.42. The first-order valence-corrected chi connectivity index (χ1v) is 10.3. The first-order valence-electron chi connectivity index (χ1n) is 9.39. The number of nitrogens with one attached hydrogen (secondary N) is 1. The summed E-state index contributed by atoms with van der Waals surface area (Å²) in [6, 6.07) is 8.40. The molecule has 3 unspecified atom stereocenters. The standard InChI is InChI=1S/C21H23NO6S/c1-10-13-5-4-12(22-18-20(26)19(25)15(9-23)28-21(18)27)7-11(13)8-14(24)17(10)16-3-2-6-29-16/h2-7,15,18-23,25-27H,8-9H2,1H3/t15?,18?,19-,20-,21?/m1/s1. The van der Waals surface area contributed by atoms with Crippen molar-refractivity contribution in [1.82, 2.24) is 0 Å². The van der Waals surface area contributed by atoms with Crippen molar-refractivity contribution in [3.05, 3.63) is 51.7 Å². The Labute approximate surface area is 171 Å². The fraction of sp³-hybridized carbons (Fsp3) is 0.381. The second kappa shape index (κ2) is 7.98. The van der Waals surface area contributed by atoms with E-state index < -0.39 is 37.3 Å². The molecule has 0 bridgehead atoms. The maximum atomic E-state index is 12.8. The number of aliphatic hydroxyl groups excluding tert-OH is 4. The summed E-state index contributed by atoms with van der Waals surface area (Å²) in [4.78, 5) is 13.7. The number of hydrogen-bond donors (Lipinski definition) is 5. The number of carbonyl (C=O) groups excluding carboxylic acids is 1. The maximum Gasteiger partial charge on any atom is 0.178 e. The summed E-state index contributed by atoms with van der Waals surface area (Å²) in [7, 11) is 0. The van der Waals surface area contributed by atoms with E-state index in [2.05, 4.69) is 5.32 Å². The number of ether oxygens (including phenoxy) is 1. The highest BCUT2D eigenvalue weighted by atomic mass is 32.1. The summed E-state index contributed by atoms with van der Waals surface area (Å²) in [5, 5.41) is 44.6. The predicted molar refractivity (Wildman–Crippen MR) is 109 cm³/mol. The van der Waals surface area contributed by atoms with Gasteiger partial charge < -0.3 is 30.5 Å². The van der Waals surface area contributed by atoms with Gasteiger partial charge in [-0.15, -0.1) is 11.3 Å². The number of allylic oxidation sites excluding steroid dienone is 2. The molecule has 5 N–H and O–H groups in total. The predicted octanol–water partition coefficient (Wildman–Crippen LogP) is 1.02. The summed E-state index contributed by atoms with van der Waals surface area (Å²) in [6.07, 6.45) is -4.87. The van der Waals surface area contributed by atoms with Gasteiger partial charge in [0.1, 0.15) is 24.4 Å². The van der Waals surface area contributed by atoms with E-state index in [0.29, 0.717) is 5.69 Å². The zero-order valence-electron chi connectivity index (χ0n) is 15.8. The van der Waals surface area contributed by atoms with Gasteiger partial charge in [0.25, 0.3) is 0 Å². The van der Waals surface area contributed by atoms with Gasteiger partial charge in [0, 0.05) is 22.6 Å². The molecule has 7 nitrogen and oxygen atoms in total. The average Bonchev–Trinajstić information content (AvgIpc) is 3.22. The molecule has 2 aromatic rings. The van der Waals surface area contributed by atoms with E-state index in [9.17, 15) is 25.2 Å². The normalized spacial score (nSPS) is 29.7. The number of benzene rings is 1. The second-order valence-corrected chi connectivity index (χ2v) is 8.30. The number of hydrogen-bond acceptors (Lipinski definition) is 8. The molecule has 4 rings (SSSR count). The van der Waals surface area contributed by atoms with Gasteiger partial charge in [-0.05, 0) is 47.2 Å². The monoisotopic (exact) mass is 417 g/mol. The van der Waals surface area contributed by atoms with Crippen molar-refractivity contribution in [2.75, 3.05) is 11.9 Å². The van der Waals surface area contributed by atoms with Crippen LogP contribution in [-0.4, -0.2) is 63.5 Å². The molecule has 154 valence electrons. The lowest BCUT2D eigenvalue weighted by Crippen LogP contribution is -2.61. The van der Waals surface area contributed by atoms with E-state index in [4.69, 9.17) is 4.74 Å². The minimum absolute atomic E-state index is 0.0527. The SMILES string of the molecule is CC1=C(c2cccs2)C(=O)Cc2cc(NC3C(O)OC(CO)[C@@H](O)[C@@H]3O)ccc21. The van der Waals surface area contributed by atoms with Crippen molar-refractivity contribution in [1.29, 1.82) is 0 Å². The van der Waals surface area contributed by atoms with E-state index in [0.717, 1.165) is 27.2 Å². The Bertz CT molecular complexity index is 941. The third kappa shape index (κ3) is 3.63. The Kier molecular flexibility index (Phi) is 5.56. The van der Waals surface area contributed by atoms with Crippen LogP contribution in [0.25, 0.3) is 11.1 Å². The highest BCUT2D eigenvalue weighted by Gasteiger charge is 2.43. The Balaban J connectivity index is 1.60. The van der Waals surface area contributed by atoms with E-state index in [1.165, 1.54) is 11.3 Å². The van der Waals surface area contributed by atoms with Gasteiger partial charge in [-0.3, -0.25) is 4.79 Å². The van der Waals surface area contributed by atoms with Gasteiger partial charge in [0.05, 0.1) is 6.61 Å². The molecule has 0 amide bonds. The zero-order valence-corrected chi connectivity index (χ0v) is 16.6. The molecule has 29 heavy (non-hydrogen) atoms. The third-order valence-corrected chi connectivity index (χ3v) is 6.40. The Morgan fingerprint density at radius 3 is 2.69 bits per heavy atom. The van der Waals surface area contributed by atoms with Crippen LogP contribution in [0.15, 0.2) is 35.7 Å². The lowest BCUT2D eigenvalue weighted by atomic mass is 9.84. The molecule has 0 saturated carbocycles. The Morgan fingerprint density at radius 2 is 2.00 bits per heavy atom. The topological polar surface area (TPSA) is 119 Å². The van der Waals surface area contributed by atoms with Gasteiger partial charge in [-0.25, -0.2) is 0 Å². The van der Waals surface area contributed by atoms with Crippen LogP contribution in [0, 0.1) is 0 Å². The molecule has 0 spiro atoms. The smallest absolute Gasteiger partial charge is 0.178 e. The molecular formula is C21H23NO6S. The molecule has 1 aromatic carbocycles. The quantitative estimate of drug-likeness (QED) is 0.504. The van der Waals surface area contributed by atoms with E-state index in [1.54, 1.807) is 6.07 Å². The zero-order chi connectivity index (χ0) is 20.7. The van der Waals surface area contributed by atoms with Crippen LogP contribution in [0.4, 0.5) is 5.69 Å². The first-order chi connectivity index (χ1) is 13.9. The highest BCUT2D eigenvalue weighted by molar-refractivity contribution is 7.11. The van der Waals surface area contributed by atoms with Crippen LogP contribution in [0.2, 0.25) is 0 Å². The van der Waals surface area contributed by atoms with Gasteiger partial charge in [-0.1, -0.05) is 12.1 Å². The Hall–Kier alpha value is -2.07. The van der Waals surface area contributed by atoms with Crippen LogP contribution in [-0.2, 0) is 16.0 Å². The molecule has 1 aliphatic heterocycles. The lowest BCUT2D eigenvalue weighted by Gasteiger charge is -2.40. The number of Topliss-reactive ketones (excluding diaryl/α,β-unsaturated/α-hetero) is 1. The second-order valence-electron chi connectivity index (χ2n) is 7.35. The Morgan fingerprint density at radius 1 is 1.21 bits per heavy atom. The molecule has 1 aliphatic carbocycles. The van der Waals surface area contributed by atoms with E-state index in [1.807, 2.05) is 36.6 Å². The van der Waals surface area contributed by atoms with Gasteiger partial charge >= 0.3 is 0 Å². The fourth-order valence-electron chi connectivity index (χ4n) is 3.99. The molecule has 5 atom stereocenters. The van der Waals surface area contributed by atoms with Crippen molar-refractivity contribution >= 4 is 34.0 Å². The number of thiophene rings is 1. The molecule has 1 fully saturated rings. The maximum absolute atomic E-state index is 12.8. The molecule has 8 heteroatoms. The number of aliphatic hydroxyl groups is 4. The molecule has 2 aliphatic rings. The van der Waals surface area contributed by atoms with Crippen LogP contribution in [0.5, 0.6) is 0 Å². The average molecular weight is 417 g/mol. The fourth-order valence-corrected chi connectivity index (χ4v) is 4.83. The molecule has 1 aromatic heterocycles. The summed E-state index contributed by atoms with van der Waals surface area (Å²) in [5.74, 6) is 0.0527. The minimum Gasteiger partial charge on any atom is -0.394 e. The van der Waals surface area contributed by atoms with Crippen LogP contribution in [0.1, 0.15) is 22.9 Å². The van der Waals surface area contributed by atoms with Crippen molar-refractivity contribution in [3.63, 3.8) is 0 Å². The third-order valence-electron chi connectivity index (χ3n) is 5.52. The first kappa shape index (κ1) is 20.2. The number of anilines is 1. The summed E-state index contributed by atoms with van der Waals surface area (Å²) >= 11 is 1.54. The number of fused-ring (bicyclic) bond motifs is 1. The van der Waals surface area contributed by atoms with Gasteiger partial charge in [0.2, 0.25) is 0 Å². The number of carbonyl (C=O) groups is 1. The molecule has 1 saturated heterocycles. The van der Waals surface area contributed by atoms with Crippen molar-refractivity contribution in [3.8, 4) is 0 Å². The molecule has 0 radical (unpaired) electrons.